The molecule has 0 aliphatic heterocycles. The molecule has 3 nitrogen and oxygen atoms in total. The number of hydrogen-bond acceptors (Lipinski definition) is 2. The van der Waals surface area contributed by atoms with E-state index in [1.54, 1.807) is 0 Å². The lowest BCUT2D eigenvalue weighted by atomic mass is 9.54. The molecule has 6 rings (SSSR count). The first-order valence-corrected chi connectivity index (χ1v) is 10.3. The first-order valence-electron chi connectivity index (χ1n) is 10.3. The van der Waals surface area contributed by atoms with Gasteiger partial charge in [-0.05, 0) is 67.4 Å². The number of amides is 1. The van der Waals surface area contributed by atoms with Crippen molar-refractivity contribution in [1.82, 2.24) is 5.32 Å². The summed E-state index contributed by atoms with van der Waals surface area (Å²) < 4.78 is 5.93. The molecule has 3 heteroatoms. The van der Waals surface area contributed by atoms with E-state index < -0.39 is 0 Å². The van der Waals surface area contributed by atoms with Gasteiger partial charge in [-0.2, -0.15) is 0 Å². The lowest BCUT2D eigenvalue weighted by Gasteiger charge is -2.54. The fourth-order valence-electron chi connectivity index (χ4n) is 5.98. The maximum absolute atomic E-state index is 12.6. The summed E-state index contributed by atoms with van der Waals surface area (Å²) in [5.74, 6) is 4.03. The molecule has 1 amide bonds. The van der Waals surface area contributed by atoms with E-state index in [4.69, 9.17) is 4.74 Å². The van der Waals surface area contributed by atoms with Crippen molar-refractivity contribution in [2.75, 3.05) is 6.61 Å². The van der Waals surface area contributed by atoms with Crippen LogP contribution in [0.4, 0.5) is 0 Å². The second-order valence-electron chi connectivity index (χ2n) is 8.67. The van der Waals surface area contributed by atoms with E-state index in [1.165, 1.54) is 32.1 Å². The van der Waals surface area contributed by atoms with Crippen LogP contribution >= 0.6 is 0 Å². The van der Waals surface area contributed by atoms with Crippen molar-refractivity contribution in [2.45, 2.75) is 38.1 Å². The second kappa shape index (κ2) is 7.03. The fourth-order valence-corrected chi connectivity index (χ4v) is 5.98. The van der Waals surface area contributed by atoms with Crippen molar-refractivity contribution >= 4 is 5.91 Å². The Morgan fingerprint density at radius 1 is 0.852 bits per heavy atom. The van der Waals surface area contributed by atoms with E-state index in [2.05, 4.69) is 17.4 Å². The lowest BCUT2D eigenvalue weighted by molar-refractivity contribution is -0.127. The van der Waals surface area contributed by atoms with Gasteiger partial charge < -0.3 is 10.1 Å². The predicted molar refractivity (Wildman–Crippen MR) is 106 cm³/mol. The molecule has 0 saturated heterocycles. The molecule has 0 atom stereocenters. The van der Waals surface area contributed by atoms with Gasteiger partial charge in [0, 0.05) is 11.6 Å². The molecule has 0 aromatic heterocycles. The number of para-hydroxylation sites is 1. The first-order chi connectivity index (χ1) is 13.3. The third kappa shape index (κ3) is 3.36. The average molecular weight is 361 g/mol. The quantitative estimate of drug-likeness (QED) is 0.840. The fraction of sp³-hybridized carbons (Fsp3) is 0.458. The Morgan fingerprint density at radius 2 is 1.48 bits per heavy atom. The van der Waals surface area contributed by atoms with Gasteiger partial charge in [0.2, 0.25) is 0 Å². The number of carbonyl (C=O) groups is 1. The van der Waals surface area contributed by atoms with Gasteiger partial charge in [0.05, 0.1) is 0 Å². The molecule has 0 heterocycles. The van der Waals surface area contributed by atoms with Gasteiger partial charge in [-0.3, -0.25) is 4.79 Å². The highest BCUT2D eigenvalue weighted by molar-refractivity contribution is 5.78. The lowest BCUT2D eigenvalue weighted by Crippen LogP contribution is -2.56. The summed E-state index contributed by atoms with van der Waals surface area (Å²) in [7, 11) is 0. The number of ether oxygens (including phenoxy) is 1. The minimum atomic E-state index is 0.0235. The maximum Gasteiger partial charge on any atom is 0.258 e. The molecule has 0 unspecified atom stereocenters. The highest BCUT2D eigenvalue weighted by Crippen LogP contribution is 2.53. The summed E-state index contributed by atoms with van der Waals surface area (Å²) in [4.78, 5) is 12.6. The molecule has 140 valence electrons. The molecule has 4 saturated carbocycles. The Bertz CT molecular complexity index is 788. The van der Waals surface area contributed by atoms with Crippen LogP contribution in [0.15, 0.2) is 54.6 Å². The van der Waals surface area contributed by atoms with E-state index in [1.807, 2.05) is 42.5 Å². The van der Waals surface area contributed by atoms with Crippen molar-refractivity contribution in [3.05, 3.63) is 54.6 Å². The van der Waals surface area contributed by atoms with Crippen LogP contribution in [0.1, 0.15) is 32.1 Å². The Balaban J connectivity index is 1.23. The summed E-state index contributed by atoms with van der Waals surface area (Å²) in [5.41, 5.74) is 2.13. The first kappa shape index (κ1) is 16.9. The smallest absolute Gasteiger partial charge is 0.258 e. The van der Waals surface area contributed by atoms with Crippen LogP contribution in [0.25, 0.3) is 11.1 Å². The summed E-state index contributed by atoms with van der Waals surface area (Å²) in [6.45, 7) is 0.0899. The maximum atomic E-state index is 12.6. The zero-order chi connectivity index (χ0) is 18.2. The van der Waals surface area contributed by atoms with Crippen LogP contribution in [-0.4, -0.2) is 18.6 Å². The van der Waals surface area contributed by atoms with Crippen LogP contribution < -0.4 is 10.1 Å². The third-order valence-electron chi connectivity index (χ3n) is 6.89. The molecule has 0 radical (unpaired) electrons. The van der Waals surface area contributed by atoms with Gasteiger partial charge >= 0.3 is 0 Å². The monoisotopic (exact) mass is 361 g/mol. The highest BCUT2D eigenvalue weighted by Gasteiger charge is 2.48. The summed E-state index contributed by atoms with van der Waals surface area (Å²) in [6, 6.07) is 18.5. The number of rotatable bonds is 5. The molecule has 27 heavy (non-hydrogen) atoms. The van der Waals surface area contributed by atoms with Crippen molar-refractivity contribution < 1.29 is 9.53 Å². The summed E-state index contributed by atoms with van der Waals surface area (Å²) in [5, 5.41) is 3.33. The Kier molecular flexibility index (Phi) is 4.39. The Labute approximate surface area is 161 Å². The molecule has 4 bridgehead atoms. The number of hydrogen-bond donors (Lipinski definition) is 1. The van der Waals surface area contributed by atoms with Gasteiger partial charge in [-0.1, -0.05) is 48.5 Å². The van der Waals surface area contributed by atoms with Crippen LogP contribution in [0.3, 0.4) is 0 Å². The minimum Gasteiger partial charge on any atom is -0.483 e. The van der Waals surface area contributed by atoms with Gasteiger partial charge in [-0.15, -0.1) is 0 Å². The van der Waals surface area contributed by atoms with Crippen LogP contribution in [0, 0.1) is 23.7 Å². The zero-order valence-corrected chi connectivity index (χ0v) is 15.6. The van der Waals surface area contributed by atoms with E-state index in [-0.39, 0.29) is 12.5 Å². The van der Waals surface area contributed by atoms with E-state index >= 15 is 0 Å². The minimum absolute atomic E-state index is 0.0235. The molecule has 2 aromatic rings. The van der Waals surface area contributed by atoms with Crippen LogP contribution in [-0.2, 0) is 4.79 Å². The molecule has 1 N–H and O–H groups in total. The van der Waals surface area contributed by atoms with Gasteiger partial charge in [0.1, 0.15) is 5.75 Å². The molecular formula is C24H27NO2. The Hall–Kier alpha value is -2.29. The number of benzene rings is 2. The van der Waals surface area contributed by atoms with Crippen molar-refractivity contribution in [3.8, 4) is 16.9 Å². The number of nitrogens with one attached hydrogen (secondary N) is 1. The standard InChI is InChI=1S/C24H27NO2/c26-23(25-24-19-11-16-10-17(13-19)14-20(24)12-16)15-27-22-9-5-4-8-21(22)18-6-2-1-3-7-18/h1-9,16-17,19-20,24H,10-15H2,(H,25,26). The van der Waals surface area contributed by atoms with Crippen molar-refractivity contribution in [2.24, 2.45) is 23.7 Å². The highest BCUT2D eigenvalue weighted by atomic mass is 16.5. The van der Waals surface area contributed by atoms with E-state index in [0.717, 1.165) is 28.7 Å². The third-order valence-corrected chi connectivity index (χ3v) is 6.89. The largest absolute Gasteiger partial charge is 0.483 e. The normalized spacial score (nSPS) is 30.9. The topological polar surface area (TPSA) is 38.3 Å². The van der Waals surface area contributed by atoms with Crippen LogP contribution in [0.5, 0.6) is 5.75 Å². The summed E-state index contributed by atoms with van der Waals surface area (Å²) in [6.07, 6.45) is 6.70. The summed E-state index contributed by atoms with van der Waals surface area (Å²) >= 11 is 0. The van der Waals surface area contributed by atoms with E-state index in [9.17, 15) is 4.79 Å². The van der Waals surface area contributed by atoms with E-state index in [0.29, 0.717) is 17.9 Å². The van der Waals surface area contributed by atoms with Gasteiger partial charge in [0.25, 0.3) is 5.91 Å². The average Bonchev–Trinajstić information content (AvgIpc) is 2.69. The predicted octanol–water partition coefficient (Wildman–Crippen LogP) is 4.67. The van der Waals surface area contributed by atoms with Crippen molar-refractivity contribution in [1.29, 1.82) is 0 Å². The number of carbonyl (C=O) groups excluding carboxylic acids is 1. The zero-order valence-electron chi connectivity index (χ0n) is 15.6. The van der Waals surface area contributed by atoms with Gasteiger partial charge in [0.15, 0.2) is 6.61 Å². The molecular weight excluding hydrogens is 334 g/mol. The molecule has 0 spiro atoms. The van der Waals surface area contributed by atoms with Gasteiger partial charge in [-0.25, -0.2) is 0 Å². The molecule has 2 aromatic carbocycles. The molecule has 4 aliphatic carbocycles. The van der Waals surface area contributed by atoms with Crippen molar-refractivity contribution in [3.63, 3.8) is 0 Å². The molecule has 4 fully saturated rings. The molecule has 4 aliphatic rings. The SMILES string of the molecule is O=C(COc1ccccc1-c1ccccc1)NC1C2CC3CC(C2)CC1C3. The Morgan fingerprint density at radius 3 is 2.19 bits per heavy atom. The van der Waals surface area contributed by atoms with Crippen LogP contribution in [0.2, 0.25) is 0 Å². The second-order valence-corrected chi connectivity index (χ2v) is 8.67.